The molecular formula is C56H56N4O4. The maximum absolute atomic E-state index is 13.2. The van der Waals surface area contributed by atoms with Gasteiger partial charge in [0.25, 0.3) is 0 Å². The van der Waals surface area contributed by atoms with Crippen LogP contribution in [0.4, 0.5) is 9.59 Å². The molecule has 0 heterocycles. The van der Waals surface area contributed by atoms with Crippen LogP contribution in [0.3, 0.4) is 0 Å². The number of hydrogen-bond donors (Lipinski definition) is 0. The molecule has 324 valence electrons. The number of hydrogen-bond acceptors (Lipinski definition) is 6. The predicted molar refractivity (Wildman–Crippen MR) is 249 cm³/mol. The fraction of sp³-hybridized carbons (Fsp3) is 0.286. The Bertz CT molecular complexity index is 2250. The molecule has 2 fully saturated rings. The molecule has 0 saturated heterocycles. The Morgan fingerprint density at radius 1 is 0.438 bits per heavy atom. The van der Waals surface area contributed by atoms with Crippen molar-refractivity contribution in [3.8, 4) is 12.1 Å². The Morgan fingerprint density at radius 2 is 0.703 bits per heavy atom. The summed E-state index contributed by atoms with van der Waals surface area (Å²) in [5.74, 6) is 0. The number of carbonyl (C=O) groups excluding carboxylic acids is 2. The van der Waals surface area contributed by atoms with Crippen LogP contribution in [0, 0.1) is 22.7 Å². The minimum absolute atomic E-state index is 0.0451. The number of amides is 2. The molecule has 2 aliphatic rings. The Morgan fingerprint density at radius 3 is 0.984 bits per heavy atom. The fourth-order valence-electron chi connectivity index (χ4n) is 9.11. The molecule has 0 aromatic heterocycles. The van der Waals surface area contributed by atoms with Crippen molar-refractivity contribution in [2.75, 3.05) is 0 Å². The Kier molecular flexibility index (Phi) is 15.6. The molecule has 0 atom stereocenters. The van der Waals surface area contributed by atoms with E-state index < -0.39 is 10.8 Å². The number of nitrogens with zero attached hydrogens (tertiary/aromatic N) is 4. The molecule has 0 spiro atoms. The number of rotatable bonds is 12. The van der Waals surface area contributed by atoms with Gasteiger partial charge in [-0.25, -0.2) is 9.59 Å². The highest BCUT2D eigenvalue weighted by molar-refractivity contribution is 5.69. The van der Waals surface area contributed by atoms with E-state index in [-0.39, 0.29) is 37.5 Å². The predicted octanol–water partition coefficient (Wildman–Crippen LogP) is 12.5. The zero-order valence-electron chi connectivity index (χ0n) is 36.4. The normalized spacial score (nSPS) is 20.2. The summed E-state index contributed by atoms with van der Waals surface area (Å²) in [5, 5.41) is 20.0. The number of ether oxygens (including phenoxy) is 2. The third-order valence-corrected chi connectivity index (χ3v) is 12.9. The van der Waals surface area contributed by atoms with E-state index in [1.54, 1.807) is 0 Å². The molecule has 64 heavy (non-hydrogen) atoms. The van der Waals surface area contributed by atoms with Gasteiger partial charge in [0, 0.05) is 25.2 Å². The van der Waals surface area contributed by atoms with Crippen LogP contribution in [0.25, 0.3) is 0 Å². The number of carbonyl (C=O) groups is 2. The van der Waals surface area contributed by atoms with Gasteiger partial charge in [0.1, 0.15) is 13.2 Å². The monoisotopic (exact) mass is 848 g/mol. The van der Waals surface area contributed by atoms with Crippen molar-refractivity contribution in [1.82, 2.24) is 9.80 Å². The van der Waals surface area contributed by atoms with Crippen molar-refractivity contribution in [2.45, 2.75) is 101 Å². The second kappa shape index (κ2) is 22.3. The summed E-state index contributed by atoms with van der Waals surface area (Å²) in [6.45, 7) is 1.52. The van der Waals surface area contributed by atoms with Crippen LogP contribution < -0.4 is 0 Å². The van der Waals surface area contributed by atoms with Crippen molar-refractivity contribution in [3.05, 3.63) is 215 Å². The summed E-state index contributed by atoms with van der Waals surface area (Å²) in [4.78, 5) is 30.0. The van der Waals surface area contributed by atoms with Crippen LogP contribution in [0.2, 0.25) is 0 Å². The fourth-order valence-corrected chi connectivity index (χ4v) is 9.11. The van der Waals surface area contributed by atoms with Gasteiger partial charge < -0.3 is 19.3 Å². The molecule has 8 nitrogen and oxygen atoms in total. The lowest BCUT2D eigenvalue weighted by Gasteiger charge is -2.40. The van der Waals surface area contributed by atoms with E-state index in [1.165, 1.54) is 0 Å². The maximum Gasteiger partial charge on any atom is 0.410 e. The lowest BCUT2D eigenvalue weighted by molar-refractivity contribution is 0.0634. The van der Waals surface area contributed by atoms with Gasteiger partial charge in [-0.1, -0.05) is 182 Å². The summed E-state index contributed by atoms with van der Waals surface area (Å²) >= 11 is 0. The molecule has 6 aromatic rings. The van der Waals surface area contributed by atoms with Gasteiger partial charge in [0.05, 0.1) is 23.0 Å². The lowest BCUT2D eigenvalue weighted by Crippen LogP contribution is -2.45. The van der Waals surface area contributed by atoms with E-state index in [0.29, 0.717) is 13.1 Å². The summed E-state index contributed by atoms with van der Waals surface area (Å²) in [7, 11) is 0. The summed E-state index contributed by atoms with van der Waals surface area (Å²) in [6, 6.07) is 64.8. The zero-order valence-corrected chi connectivity index (χ0v) is 36.4. The molecular weight excluding hydrogens is 793 g/mol. The molecule has 0 aliphatic heterocycles. The van der Waals surface area contributed by atoms with Gasteiger partial charge in [0.2, 0.25) is 0 Å². The van der Waals surface area contributed by atoms with E-state index in [4.69, 9.17) is 9.47 Å². The van der Waals surface area contributed by atoms with E-state index in [1.807, 2.05) is 192 Å². The third-order valence-electron chi connectivity index (χ3n) is 12.9. The van der Waals surface area contributed by atoms with Crippen molar-refractivity contribution >= 4 is 12.2 Å². The average Bonchev–Trinajstić information content (AvgIpc) is 3.38. The van der Waals surface area contributed by atoms with Crippen molar-refractivity contribution < 1.29 is 19.1 Å². The second-order valence-electron chi connectivity index (χ2n) is 16.9. The lowest BCUT2D eigenvalue weighted by atomic mass is 9.69. The minimum Gasteiger partial charge on any atom is -0.445 e. The second-order valence-corrected chi connectivity index (χ2v) is 16.9. The van der Waals surface area contributed by atoms with Crippen molar-refractivity contribution in [3.63, 3.8) is 0 Å². The van der Waals surface area contributed by atoms with Crippen LogP contribution in [-0.2, 0) is 46.6 Å². The topological polar surface area (TPSA) is 107 Å². The molecule has 2 aliphatic carbocycles. The van der Waals surface area contributed by atoms with Gasteiger partial charge in [-0.2, -0.15) is 10.5 Å². The Balaban J connectivity index is 0.000000191. The maximum atomic E-state index is 13.2. The highest BCUT2D eigenvalue weighted by Gasteiger charge is 2.41. The summed E-state index contributed by atoms with van der Waals surface area (Å²) in [6.07, 6.45) is 5.42. The largest absolute Gasteiger partial charge is 0.445 e. The van der Waals surface area contributed by atoms with E-state index >= 15 is 0 Å². The Labute approximate surface area is 378 Å². The van der Waals surface area contributed by atoms with Crippen molar-refractivity contribution in [2.24, 2.45) is 0 Å². The highest BCUT2D eigenvalue weighted by Crippen LogP contribution is 2.42. The van der Waals surface area contributed by atoms with Gasteiger partial charge >= 0.3 is 12.2 Å². The summed E-state index contributed by atoms with van der Waals surface area (Å²) in [5.41, 5.74) is 5.26. The average molecular weight is 849 g/mol. The van der Waals surface area contributed by atoms with Crippen molar-refractivity contribution in [1.29, 1.82) is 10.5 Å². The van der Waals surface area contributed by atoms with Gasteiger partial charge in [-0.15, -0.1) is 0 Å². The quantitative estimate of drug-likeness (QED) is 0.121. The first kappa shape index (κ1) is 44.9. The first-order valence-corrected chi connectivity index (χ1v) is 22.4. The smallest absolute Gasteiger partial charge is 0.410 e. The van der Waals surface area contributed by atoms with E-state index in [2.05, 4.69) is 12.1 Å². The molecule has 0 unspecified atom stereocenters. The van der Waals surface area contributed by atoms with Crippen LogP contribution in [0.15, 0.2) is 182 Å². The first-order valence-electron chi connectivity index (χ1n) is 22.4. The van der Waals surface area contributed by atoms with Crippen LogP contribution in [0.5, 0.6) is 0 Å². The molecule has 0 radical (unpaired) electrons. The van der Waals surface area contributed by atoms with Gasteiger partial charge in [-0.3, -0.25) is 0 Å². The van der Waals surface area contributed by atoms with E-state index in [0.717, 1.165) is 84.7 Å². The highest BCUT2D eigenvalue weighted by atomic mass is 16.6. The zero-order chi connectivity index (χ0) is 44.5. The molecule has 2 saturated carbocycles. The molecule has 6 aromatic carbocycles. The Hall–Kier alpha value is -7.16. The SMILES string of the molecule is N#CC1(c2ccccc2)CCC(N(Cc2ccccc2)C(=O)OCc2ccccc2)CC1.N#CC1(c2ccccc2)CCC(N(Cc2ccccc2)C(=O)OCc2ccccc2)CC1. The molecule has 0 N–H and O–H groups in total. The van der Waals surface area contributed by atoms with Crippen LogP contribution >= 0.6 is 0 Å². The van der Waals surface area contributed by atoms with Gasteiger partial charge in [0.15, 0.2) is 0 Å². The summed E-state index contributed by atoms with van der Waals surface area (Å²) < 4.78 is 11.4. The number of benzene rings is 6. The van der Waals surface area contributed by atoms with Crippen LogP contribution in [-0.4, -0.2) is 34.1 Å². The molecule has 0 bridgehead atoms. The van der Waals surface area contributed by atoms with Crippen LogP contribution in [0.1, 0.15) is 84.7 Å². The molecule has 8 heteroatoms. The standard InChI is InChI=1S/2C28H28N2O2/c2*29-22-28(25-14-8-3-9-15-25)18-16-26(17-19-28)30(20-23-10-4-1-5-11-23)27(31)32-21-24-12-6-2-7-13-24/h2*1-15,26H,16-21H2. The molecule has 2 amide bonds. The third kappa shape index (κ3) is 11.6. The molecule has 8 rings (SSSR count). The first-order chi connectivity index (χ1) is 31.4. The van der Waals surface area contributed by atoms with Gasteiger partial charge in [-0.05, 0) is 84.7 Å². The van der Waals surface area contributed by atoms with E-state index in [9.17, 15) is 20.1 Å². The minimum atomic E-state index is -0.482. The number of nitriles is 2.